The van der Waals surface area contributed by atoms with E-state index in [2.05, 4.69) is 67.2 Å². The van der Waals surface area contributed by atoms with Gasteiger partial charge in [-0.2, -0.15) is 0 Å². The topological polar surface area (TPSA) is 40.1 Å². The van der Waals surface area contributed by atoms with Gasteiger partial charge in [-0.25, -0.2) is 0 Å². The normalized spacial score (nSPS) is 17.6. The van der Waals surface area contributed by atoms with Crippen LogP contribution in [0, 0.1) is 6.92 Å². The van der Waals surface area contributed by atoms with Crippen LogP contribution in [0.1, 0.15) is 25.0 Å². The van der Waals surface area contributed by atoms with Gasteiger partial charge in [-0.15, -0.1) is 0 Å². The Morgan fingerprint density at radius 1 is 1.33 bits per heavy atom. The molecule has 0 saturated carbocycles. The predicted molar refractivity (Wildman–Crippen MR) is 100 cm³/mol. The lowest BCUT2D eigenvalue weighted by atomic mass is 10.1. The number of ether oxygens (including phenoxy) is 1. The molecule has 0 spiro atoms. The van der Waals surface area contributed by atoms with Gasteiger partial charge in [-0.1, -0.05) is 24.3 Å². The van der Waals surface area contributed by atoms with Crippen LogP contribution in [0.4, 0.5) is 0 Å². The van der Waals surface area contributed by atoms with Crippen molar-refractivity contribution in [2.24, 2.45) is 4.99 Å². The quantitative estimate of drug-likeness (QED) is 0.640. The Morgan fingerprint density at radius 3 is 2.71 bits per heavy atom. The highest BCUT2D eigenvalue weighted by Gasteiger charge is 2.17. The van der Waals surface area contributed by atoms with Crippen LogP contribution in [-0.2, 0) is 11.3 Å². The van der Waals surface area contributed by atoms with Gasteiger partial charge in [0.15, 0.2) is 5.96 Å². The van der Waals surface area contributed by atoms with Gasteiger partial charge in [-0.05, 0) is 31.9 Å². The molecule has 1 saturated heterocycles. The molecule has 134 valence electrons. The van der Waals surface area contributed by atoms with Gasteiger partial charge in [0.25, 0.3) is 0 Å². The predicted octanol–water partition coefficient (Wildman–Crippen LogP) is 2.11. The molecule has 0 aromatic heterocycles. The van der Waals surface area contributed by atoms with E-state index < -0.39 is 0 Å². The molecular weight excluding hydrogens is 300 g/mol. The molecule has 0 aliphatic carbocycles. The van der Waals surface area contributed by atoms with E-state index in [9.17, 15) is 0 Å². The minimum atomic E-state index is 0.439. The number of hydrogen-bond acceptors (Lipinski definition) is 3. The lowest BCUT2D eigenvalue weighted by Gasteiger charge is -2.32. The molecule has 0 bridgehead atoms. The van der Waals surface area contributed by atoms with E-state index >= 15 is 0 Å². The first-order valence-corrected chi connectivity index (χ1v) is 8.97. The summed E-state index contributed by atoms with van der Waals surface area (Å²) in [6.07, 6.45) is 0. The first-order chi connectivity index (χ1) is 11.6. The highest BCUT2D eigenvalue weighted by molar-refractivity contribution is 5.79. The van der Waals surface area contributed by atoms with Crippen LogP contribution < -0.4 is 5.32 Å². The van der Waals surface area contributed by atoms with Crippen molar-refractivity contribution in [3.8, 4) is 0 Å². The fourth-order valence-corrected chi connectivity index (χ4v) is 2.94. The van der Waals surface area contributed by atoms with Crippen molar-refractivity contribution < 1.29 is 4.74 Å². The number of morpholine rings is 1. The van der Waals surface area contributed by atoms with E-state index in [0.717, 1.165) is 51.9 Å². The maximum absolute atomic E-state index is 5.43. The van der Waals surface area contributed by atoms with Crippen molar-refractivity contribution in [3.63, 3.8) is 0 Å². The van der Waals surface area contributed by atoms with Gasteiger partial charge in [0.1, 0.15) is 0 Å². The number of aliphatic imine (C=N–C) groups is 1. The minimum absolute atomic E-state index is 0.439. The third-order valence-electron chi connectivity index (χ3n) is 4.54. The molecule has 1 aliphatic heterocycles. The van der Waals surface area contributed by atoms with Gasteiger partial charge in [-0.3, -0.25) is 9.89 Å². The van der Waals surface area contributed by atoms with Crippen LogP contribution in [0.25, 0.3) is 0 Å². The van der Waals surface area contributed by atoms with E-state index in [0.29, 0.717) is 6.04 Å². The largest absolute Gasteiger partial charge is 0.379 e. The van der Waals surface area contributed by atoms with Crippen molar-refractivity contribution in [3.05, 3.63) is 35.4 Å². The SMILES string of the molecule is CCNC(=NCC(C)N1CCOCC1)N(C)Cc1ccccc1C. The van der Waals surface area contributed by atoms with Crippen LogP contribution >= 0.6 is 0 Å². The maximum Gasteiger partial charge on any atom is 0.194 e. The Labute approximate surface area is 146 Å². The van der Waals surface area contributed by atoms with Crippen LogP contribution in [0.15, 0.2) is 29.3 Å². The number of benzene rings is 1. The molecule has 2 rings (SSSR count). The smallest absolute Gasteiger partial charge is 0.194 e. The van der Waals surface area contributed by atoms with E-state index in [1.807, 2.05) is 0 Å². The zero-order valence-electron chi connectivity index (χ0n) is 15.6. The zero-order valence-corrected chi connectivity index (χ0v) is 15.6. The lowest BCUT2D eigenvalue weighted by Crippen LogP contribution is -2.44. The monoisotopic (exact) mass is 332 g/mol. The summed E-state index contributed by atoms with van der Waals surface area (Å²) in [5, 5.41) is 3.41. The molecule has 1 N–H and O–H groups in total. The molecule has 1 heterocycles. The van der Waals surface area contributed by atoms with Crippen LogP contribution in [0.2, 0.25) is 0 Å². The molecule has 24 heavy (non-hydrogen) atoms. The van der Waals surface area contributed by atoms with Gasteiger partial charge in [0.05, 0.1) is 19.8 Å². The summed E-state index contributed by atoms with van der Waals surface area (Å²) < 4.78 is 5.43. The molecule has 1 aliphatic rings. The Balaban J connectivity index is 1.97. The molecule has 5 heteroatoms. The van der Waals surface area contributed by atoms with Gasteiger partial charge >= 0.3 is 0 Å². The fourth-order valence-electron chi connectivity index (χ4n) is 2.94. The summed E-state index contributed by atoms with van der Waals surface area (Å²) in [5.41, 5.74) is 2.66. The first kappa shape index (κ1) is 18.7. The maximum atomic E-state index is 5.43. The van der Waals surface area contributed by atoms with E-state index in [4.69, 9.17) is 9.73 Å². The average molecular weight is 332 g/mol. The number of nitrogens with one attached hydrogen (secondary N) is 1. The summed E-state index contributed by atoms with van der Waals surface area (Å²) in [5.74, 6) is 0.973. The van der Waals surface area contributed by atoms with Gasteiger partial charge in [0, 0.05) is 39.3 Å². The Hall–Kier alpha value is -1.59. The first-order valence-electron chi connectivity index (χ1n) is 8.97. The van der Waals surface area contributed by atoms with E-state index in [1.54, 1.807) is 0 Å². The Kier molecular flexibility index (Phi) is 7.53. The second-order valence-electron chi connectivity index (χ2n) is 6.47. The van der Waals surface area contributed by atoms with Crippen LogP contribution in [0.3, 0.4) is 0 Å². The number of aryl methyl sites for hydroxylation is 1. The summed E-state index contributed by atoms with van der Waals surface area (Å²) in [4.78, 5) is 9.53. The highest BCUT2D eigenvalue weighted by Crippen LogP contribution is 2.10. The third-order valence-corrected chi connectivity index (χ3v) is 4.54. The number of hydrogen-bond donors (Lipinski definition) is 1. The zero-order chi connectivity index (χ0) is 17.4. The van der Waals surface area contributed by atoms with Crippen LogP contribution in [0.5, 0.6) is 0 Å². The van der Waals surface area contributed by atoms with Gasteiger partial charge in [0.2, 0.25) is 0 Å². The number of nitrogens with zero attached hydrogens (tertiary/aromatic N) is 3. The van der Waals surface area contributed by atoms with Gasteiger partial charge < -0.3 is 15.0 Å². The van der Waals surface area contributed by atoms with E-state index in [1.165, 1.54) is 11.1 Å². The van der Waals surface area contributed by atoms with E-state index in [-0.39, 0.29) is 0 Å². The fraction of sp³-hybridized carbons (Fsp3) is 0.632. The standard InChI is InChI=1S/C19H32N4O/c1-5-20-19(21-14-17(3)23-10-12-24-13-11-23)22(4)15-18-9-7-6-8-16(18)2/h6-9,17H,5,10-15H2,1-4H3,(H,20,21). The molecule has 0 radical (unpaired) electrons. The Morgan fingerprint density at radius 2 is 2.04 bits per heavy atom. The second kappa shape index (κ2) is 9.64. The molecule has 5 nitrogen and oxygen atoms in total. The van der Waals surface area contributed by atoms with Crippen molar-refractivity contribution in [1.82, 2.24) is 15.1 Å². The second-order valence-corrected chi connectivity index (χ2v) is 6.47. The highest BCUT2D eigenvalue weighted by atomic mass is 16.5. The molecule has 1 atom stereocenters. The lowest BCUT2D eigenvalue weighted by molar-refractivity contribution is 0.0220. The summed E-state index contributed by atoms with van der Waals surface area (Å²) in [6, 6.07) is 8.97. The third kappa shape index (κ3) is 5.49. The van der Waals surface area contributed by atoms with Crippen molar-refractivity contribution >= 4 is 5.96 Å². The average Bonchev–Trinajstić information content (AvgIpc) is 2.61. The molecular formula is C19H32N4O. The summed E-state index contributed by atoms with van der Waals surface area (Å²) >= 11 is 0. The van der Waals surface area contributed by atoms with Crippen LogP contribution in [-0.4, -0.2) is 68.2 Å². The van der Waals surface area contributed by atoms with Crippen molar-refractivity contribution in [2.45, 2.75) is 33.4 Å². The molecule has 1 aromatic rings. The molecule has 1 unspecified atom stereocenters. The minimum Gasteiger partial charge on any atom is -0.379 e. The van der Waals surface area contributed by atoms with Crippen molar-refractivity contribution in [1.29, 1.82) is 0 Å². The summed E-state index contributed by atoms with van der Waals surface area (Å²) in [6.45, 7) is 12.8. The Bertz CT molecular complexity index is 526. The molecule has 1 fully saturated rings. The molecule has 1 aromatic carbocycles. The van der Waals surface area contributed by atoms with Crippen molar-refractivity contribution in [2.75, 3.05) is 46.4 Å². The number of rotatable bonds is 6. The summed E-state index contributed by atoms with van der Waals surface area (Å²) in [7, 11) is 2.10. The number of guanidine groups is 1. The molecule has 0 amide bonds.